The van der Waals surface area contributed by atoms with E-state index in [0.29, 0.717) is 0 Å². The highest BCUT2D eigenvalue weighted by atomic mass is 16.6. The molecule has 0 aromatic rings. The Hall–Kier alpha value is -1.06. The lowest BCUT2D eigenvalue weighted by atomic mass is 9.95. The Balaban J connectivity index is 3.96. The predicted octanol–water partition coefficient (Wildman–Crippen LogP) is 4.81. The molecule has 0 aliphatic rings. The first-order valence-electron chi connectivity index (χ1n) is 8.63. The molecule has 22 heavy (non-hydrogen) atoms. The fourth-order valence-electron chi connectivity index (χ4n) is 2.43. The summed E-state index contributed by atoms with van der Waals surface area (Å²) in [5.41, 5.74) is -0.421. The number of carboxylic acids is 1. The SMILES string of the molecule is CCCC(CCCCCCC(C)C(=O)O)C(=O)OC(C)(C)C. The fraction of sp³-hybridized carbons (Fsp3) is 0.889. The van der Waals surface area contributed by atoms with Crippen LogP contribution >= 0.6 is 0 Å². The summed E-state index contributed by atoms with van der Waals surface area (Å²) in [6.45, 7) is 9.54. The molecule has 0 aliphatic carbocycles. The number of carbonyl (C=O) groups is 2. The van der Waals surface area contributed by atoms with Gasteiger partial charge < -0.3 is 9.84 Å². The van der Waals surface area contributed by atoms with Crippen LogP contribution in [-0.4, -0.2) is 22.6 Å². The van der Waals surface area contributed by atoms with Crippen molar-refractivity contribution in [3.8, 4) is 0 Å². The summed E-state index contributed by atoms with van der Waals surface area (Å²) in [4.78, 5) is 22.9. The van der Waals surface area contributed by atoms with Crippen LogP contribution in [0.15, 0.2) is 0 Å². The van der Waals surface area contributed by atoms with Crippen molar-refractivity contribution in [2.45, 2.75) is 91.6 Å². The quantitative estimate of drug-likeness (QED) is 0.439. The average Bonchev–Trinajstić information content (AvgIpc) is 2.38. The first-order valence-corrected chi connectivity index (χ1v) is 8.63. The van der Waals surface area contributed by atoms with Gasteiger partial charge in [0.25, 0.3) is 0 Å². The van der Waals surface area contributed by atoms with Gasteiger partial charge in [0.05, 0.1) is 11.8 Å². The van der Waals surface area contributed by atoms with E-state index in [4.69, 9.17) is 9.84 Å². The third-order valence-electron chi connectivity index (χ3n) is 3.74. The van der Waals surface area contributed by atoms with E-state index >= 15 is 0 Å². The topological polar surface area (TPSA) is 63.6 Å². The first kappa shape index (κ1) is 20.9. The van der Waals surface area contributed by atoms with E-state index in [1.807, 2.05) is 20.8 Å². The molecule has 0 aromatic carbocycles. The number of aliphatic carboxylic acids is 1. The minimum absolute atomic E-state index is 0.00201. The third-order valence-corrected chi connectivity index (χ3v) is 3.74. The number of hydrogen-bond acceptors (Lipinski definition) is 3. The Morgan fingerprint density at radius 1 is 1.00 bits per heavy atom. The Labute approximate surface area is 135 Å². The molecule has 1 N–H and O–H groups in total. The fourth-order valence-corrected chi connectivity index (χ4v) is 2.43. The van der Waals surface area contributed by atoms with Crippen LogP contribution in [-0.2, 0) is 14.3 Å². The van der Waals surface area contributed by atoms with Crippen LogP contribution in [0.5, 0.6) is 0 Å². The molecule has 0 heterocycles. The molecule has 0 rings (SSSR count). The molecule has 0 saturated carbocycles. The van der Waals surface area contributed by atoms with E-state index in [2.05, 4.69) is 6.92 Å². The van der Waals surface area contributed by atoms with Crippen LogP contribution in [0, 0.1) is 11.8 Å². The third kappa shape index (κ3) is 10.6. The van der Waals surface area contributed by atoms with Gasteiger partial charge in [0.1, 0.15) is 5.60 Å². The van der Waals surface area contributed by atoms with Gasteiger partial charge in [-0.15, -0.1) is 0 Å². The Morgan fingerprint density at radius 3 is 2.00 bits per heavy atom. The van der Waals surface area contributed by atoms with Crippen LogP contribution in [0.1, 0.15) is 86.0 Å². The van der Waals surface area contributed by atoms with Crippen molar-refractivity contribution < 1.29 is 19.4 Å². The van der Waals surface area contributed by atoms with E-state index in [9.17, 15) is 9.59 Å². The maximum absolute atomic E-state index is 12.1. The average molecular weight is 314 g/mol. The molecule has 0 radical (unpaired) electrons. The second-order valence-corrected chi connectivity index (χ2v) is 7.25. The van der Waals surface area contributed by atoms with E-state index < -0.39 is 11.6 Å². The van der Waals surface area contributed by atoms with Gasteiger partial charge >= 0.3 is 11.9 Å². The zero-order valence-corrected chi connectivity index (χ0v) is 15.0. The van der Waals surface area contributed by atoms with Crippen LogP contribution in [0.25, 0.3) is 0 Å². The highest BCUT2D eigenvalue weighted by Gasteiger charge is 2.24. The van der Waals surface area contributed by atoms with Crippen LogP contribution in [0.4, 0.5) is 0 Å². The molecule has 0 amide bonds. The lowest BCUT2D eigenvalue weighted by molar-refractivity contribution is -0.160. The second-order valence-electron chi connectivity index (χ2n) is 7.25. The Morgan fingerprint density at radius 2 is 1.55 bits per heavy atom. The summed E-state index contributed by atoms with van der Waals surface area (Å²) in [5.74, 6) is -1.04. The number of esters is 1. The lowest BCUT2D eigenvalue weighted by Gasteiger charge is -2.23. The van der Waals surface area contributed by atoms with E-state index in [1.165, 1.54) is 0 Å². The molecule has 2 atom stereocenters. The number of rotatable bonds is 11. The lowest BCUT2D eigenvalue weighted by Crippen LogP contribution is -2.28. The number of ether oxygens (including phenoxy) is 1. The second kappa shape index (κ2) is 10.6. The molecule has 0 fully saturated rings. The molecule has 0 saturated heterocycles. The number of carbonyl (C=O) groups excluding carboxylic acids is 1. The molecule has 0 bridgehead atoms. The van der Waals surface area contributed by atoms with Crippen molar-refractivity contribution in [2.75, 3.05) is 0 Å². The Kier molecular flexibility index (Phi) is 10.1. The van der Waals surface area contributed by atoms with Crippen molar-refractivity contribution in [3.05, 3.63) is 0 Å². The summed E-state index contributed by atoms with van der Waals surface area (Å²) in [6, 6.07) is 0. The van der Waals surface area contributed by atoms with Gasteiger partial charge in [-0.1, -0.05) is 46.0 Å². The molecule has 0 aliphatic heterocycles. The summed E-state index contributed by atoms with van der Waals surface area (Å²) >= 11 is 0. The van der Waals surface area contributed by atoms with Gasteiger partial charge in [0.2, 0.25) is 0 Å². The monoisotopic (exact) mass is 314 g/mol. The molecular weight excluding hydrogens is 280 g/mol. The van der Waals surface area contributed by atoms with Gasteiger partial charge in [0.15, 0.2) is 0 Å². The normalized spacial score (nSPS) is 14.4. The summed E-state index contributed by atoms with van der Waals surface area (Å²) in [7, 11) is 0. The number of unbranched alkanes of at least 4 members (excludes halogenated alkanes) is 3. The van der Waals surface area contributed by atoms with Gasteiger partial charge in [-0.25, -0.2) is 0 Å². The highest BCUT2D eigenvalue weighted by molar-refractivity contribution is 5.72. The zero-order valence-electron chi connectivity index (χ0n) is 15.0. The van der Waals surface area contributed by atoms with Crippen LogP contribution in [0.2, 0.25) is 0 Å². The molecular formula is C18H34O4. The summed E-state index contributed by atoms with van der Waals surface area (Å²) < 4.78 is 5.48. The minimum atomic E-state index is -0.715. The van der Waals surface area contributed by atoms with Crippen molar-refractivity contribution in [1.82, 2.24) is 0 Å². The van der Waals surface area contributed by atoms with Crippen LogP contribution < -0.4 is 0 Å². The maximum Gasteiger partial charge on any atom is 0.309 e. The van der Waals surface area contributed by atoms with Gasteiger partial charge in [-0.2, -0.15) is 0 Å². The van der Waals surface area contributed by atoms with Gasteiger partial charge in [-0.05, 0) is 40.0 Å². The predicted molar refractivity (Wildman–Crippen MR) is 88.7 cm³/mol. The number of carboxylic acid groups (broad SMARTS) is 1. The summed E-state index contributed by atoms with van der Waals surface area (Å²) in [5, 5.41) is 8.82. The largest absolute Gasteiger partial charge is 0.481 e. The van der Waals surface area contributed by atoms with Crippen molar-refractivity contribution in [2.24, 2.45) is 11.8 Å². The van der Waals surface area contributed by atoms with Crippen LogP contribution in [0.3, 0.4) is 0 Å². The first-order chi connectivity index (χ1) is 10.2. The smallest absolute Gasteiger partial charge is 0.309 e. The van der Waals surface area contributed by atoms with Gasteiger partial charge in [-0.3, -0.25) is 9.59 Å². The minimum Gasteiger partial charge on any atom is -0.481 e. The highest BCUT2D eigenvalue weighted by Crippen LogP contribution is 2.21. The summed E-state index contributed by atoms with van der Waals surface area (Å²) in [6.07, 6.45) is 7.51. The molecule has 0 spiro atoms. The van der Waals surface area contributed by atoms with E-state index in [1.54, 1.807) is 6.92 Å². The molecule has 2 unspecified atom stereocenters. The molecule has 4 heteroatoms. The molecule has 130 valence electrons. The number of hydrogen-bond donors (Lipinski definition) is 1. The van der Waals surface area contributed by atoms with Gasteiger partial charge in [0, 0.05) is 0 Å². The van der Waals surface area contributed by atoms with Crippen molar-refractivity contribution in [1.29, 1.82) is 0 Å². The van der Waals surface area contributed by atoms with E-state index in [-0.39, 0.29) is 17.8 Å². The van der Waals surface area contributed by atoms with Crippen molar-refractivity contribution >= 4 is 11.9 Å². The Bertz CT molecular complexity index is 330. The molecule has 4 nitrogen and oxygen atoms in total. The molecule has 0 aromatic heterocycles. The van der Waals surface area contributed by atoms with Crippen molar-refractivity contribution in [3.63, 3.8) is 0 Å². The standard InChI is InChI=1S/C18H34O4/c1-6-11-15(17(21)22-18(3,4)5)13-10-8-7-9-12-14(2)16(19)20/h14-15H,6-13H2,1-5H3,(H,19,20). The maximum atomic E-state index is 12.1. The zero-order chi connectivity index (χ0) is 17.2. The van der Waals surface area contributed by atoms with E-state index in [0.717, 1.165) is 51.4 Å².